The van der Waals surface area contributed by atoms with Gasteiger partial charge < -0.3 is 10.2 Å². The number of carbonyl (C=O) groups is 4. The summed E-state index contributed by atoms with van der Waals surface area (Å²) in [5, 5.41) is 2.90. The highest BCUT2D eigenvalue weighted by atomic mass is 16.2. The molecule has 0 aliphatic carbocycles. The van der Waals surface area contributed by atoms with Gasteiger partial charge in [0.1, 0.15) is 6.04 Å². The van der Waals surface area contributed by atoms with Crippen LogP contribution in [0.15, 0.2) is 48.5 Å². The number of fused-ring (bicyclic) bond motifs is 1. The zero-order valence-electron chi connectivity index (χ0n) is 20.3. The normalized spacial score (nSPS) is 13.7. The molecule has 2 aromatic carbocycles. The van der Waals surface area contributed by atoms with E-state index in [0.29, 0.717) is 36.6 Å². The predicted octanol–water partition coefficient (Wildman–Crippen LogP) is 3.56. The predicted molar refractivity (Wildman–Crippen MR) is 130 cm³/mol. The molecule has 0 saturated heterocycles. The van der Waals surface area contributed by atoms with Crippen molar-refractivity contribution in [3.63, 3.8) is 0 Å². The molecule has 0 bridgehead atoms. The molecule has 1 aliphatic rings. The molecule has 180 valence electrons. The van der Waals surface area contributed by atoms with Crippen LogP contribution in [0.5, 0.6) is 0 Å². The number of aryl methyl sites for hydroxylation is 1. The van der Waals surface area contributed by atoms with Gasteiger partial charge in [0.15, 0.2) is 0 Å². The van der Waals surface area contributed by atoms with Crippen LogP contribution in [-0.2, 0) is 16.1 Å². The largest absolute Gasteiger partial charge is 0.354 e. The molecule has 34 heavy (non-hydrogen) atoms. The van der Waals surface area contributed by atoms with Crippen molar-refractivity contribution in [2.24, 2.45) is 5.92 Å². The van der Waals surface area contributed by atoms with Crippen LogP contribution in [0.3, 0.4) is 0 Å². The summed E-state index contributed by atoms with van der Waals surface area (Å²) in [4.78, 5) is 53.8. The molecular formula is C27H33N3O4. The zero-order valence-corrected chi connectivity index (χ0v) is 20.3. The van der Waals surface area contributed by atoms with Crippen LogP contribution >= 0.6 is 0 Å². The fraction of sp³-hybridized carbons (Fsp3) is 0.407. The molecule has 2 aromatic rings. The van der Waals surface area contributed by atoms with Crippen molar-refractivity contribution < 1.29 is 19.2 Å². The Balaban J connectivity index is 1.66. The maximum absolute atomic E-state index is 13.2. The molecule has 0 radical (unpaired) electrons. The van der Waals surface area contributed by atoms with E-state index >= 15 is 0 Å². The van der Waals surface area contributed by atoms with Crippen molar-refractivity contribution >= 4 is 23.6 Å². The van der Waals surface area contributed by atoms with Gasteiger partial charge in [-0.1, -0.05) is 55.8 Å². The van der Waals surface area contributed by atoms with Crippen LogP contribution < -0.4 is 5.32 Å². The number of hydrogen-bond donors (Lipinski definition) is 1. The second-order valence-corrected chi connectivity index (χ2v) is 9.23. The number of rotatable bonds is 10. The first-order chi connectivity index (χ1) is 16.2. The lowest BCUT2D eigenvalue weighted by Crippen LogP contribution is -2.48. The van der Waals surface area contributed by atoms with Crippen molar-refractivity contribution in [3.8, 4) is 0 Å². The maximum atomic E-state index is 13.2. The van der Waals surface area contributed by atoms with E-state index in [4.69, 9.17) is 0 Å². The molecule has 3 rings (SSSR count). The Labute approximate surface area is 201 Å². The lowest BCUT2D eigenvalue weighted by atomic mass is 10.1. The SMILES string of the molecule is Cc1ccc(CN(C(=O)CCCN2C(=O)c3ccccc3C2=O)[C@H](C)C(=O)NCC(C)C)cc1. The summed E-state index contributed by atoms with van der Waals surface area (Å²) in [5.74, 6) is -0.743. The van der Waals surface area contributed by atoms with Crippen molar-refractivity contribution in [1.82, 2.24) is 15.1 Å². The Hall–Kier alpha value is -3.48. The van der Waals surface area contributed by atoms with Crippen molar-refractivity contribution in [3.05, 3.63) is 70.8 Å². The Kier molecular flexibility index (Phi) is 8.21. The van der Waals surface area contributed by atoms with Gasteiger partial charge in [0.25, 0.3) is 11.8 Å². The lowest BCUT2D eigenvalue weighted by Gasteiger charge is -2.29. The standard InChI is InChI=1S/C27H33N3O4/c1-18(2)16-28-25(32)20(4)30(17-21-13-11-19(3)12-14-21)24(31)10-7-15-29-26(33)22-8-5-6-9-23(22)27(29)34/h5-6,8-9,11-14,18,20H,7,10,15-17H2,1-4H3,(H,28,32)/t20-/m1/s1. The van der Waals surface area contributed by atoms with E-state index in [-0.39, 0.29) is 36.6 Å². The minimum atomic E-state index is -0.646. The van der Waals surface area contributed by atoms with Gasteiger partial charge >= 0.3 is 0 Å². The van der Waals surface area contributed by atoms with E-state index in [1.807, 2.05) is 45.0 Å². The average molecular weight is 464 g/mol. The maximum Gasteiger partial charge on any atom is 0.261 e. The number of benzene rings is 2. The highest BCUT2D eigenvalue weighted by Crippen LogP contribution is 2.23. The van der Waals surface area contributed by atoms with Gasteiger partial charge in [-0.2, -0.15) is 0 Å². The van der Waals surface area contributed by atoms with Gasteiger partial charge in [-0.3, -0.25) is 24.1 Å². The summed E-state index contributed by atoms with van der Waals surface area (Å²) in [7, 11) is 0. The molecule has 7 heteroatoms. The first kappa shape index (κ1) is 25.1. The summed E-state index contributed by atoms with van der Waals surface area (Å²) in [6.07, 6.45) is 0.454. The first-order valence-electron chi connectivity index (χ1n) is 11.8. The first-order valence-corrected chi connectivity index (χ1v) is 11.8. The van der Waals surface area contributed by atoms with Crippen LogP contribution in [0, 0.1) is 12.8 Å². The quantitative estimate of drug-likeness (QED) is 0.546. The van der Waals surface area contributed by atoms with E-state index in [9.17, 15) is 19.2 Å². The number of carbonyl (C=O) groups excluding carboxylic acids is 4. The Bertz CT molecular complexity index is 1030. The topological polar surface area (TPSA) is 86.8 Å². The Morgan fingerprint density at radius 1 is 0.941 bits per heavy atom. The third kappa shape index (κ3) is 5.90. The Morgan fingerprint density at radius 2 is 1.53 bits per heavy atom. The highest BCUT2D eigenvalue weighted by molar-refractivity contribution is 6.21. The molecule has 0 saturated carbocycles. The zero-order chi connectivity index (χ0) is 24.8. The van der Waals surface area contributed by atoms with Gasteiger partial charge in [-0.25, -0.2) is 0 Å². The summed E-state index contributed by atoms with van der Waals surface area (Å²) in [5.41, 5.74) is 2.85. The molecule has 0 spiro atoms. The van der Waals surface area contributed by atoms with Gasteiger partial charge in [0.05, 0.1) is 11.1 Å². The number of amides is 4. The van der Waals surface area contributed by atoms with Gasteiger partial charge in [0, 0.05) is 26.1 Å². The highest BCUT2D eigenvalue weighted by Gasteiger charge is 2.35. The summed E-state index contributed by atoms with van der Waals surface area (Å²) < 4.78 is 0. The second-order valence-electron chi connectivity index (χ2n) is 9.23. The fourth-order valence-electron chi connectivity index (χ4n) is 3.90. The number of imide groups is 1. The summed E-state index contributed by atoms with van der Waals surface area (Å²) in [6, 6.07) is 13.9. The van der Waals surface area contributed by atoms with Gasteiger partial charge in [-0.05, 0) is 43.9 Å². The second kappa shape index (κ2) is 11.1. The lowest BCUT2D eigenvalue weighted by molar-refractivity contribution is -0.140. The van der Waals surface area contributed by atoms with Crippen molar-refractivity contribution in [2.75, 3.05) is 13.1 Å². The van der Waals surface area contributed by atoms with E-state index < -0.39 is 6.04 Å². The fourth-order valence-corrected chi connectivity index (χ4v) is 3.90. The monoisotopic (exact) mass is 463 g/mol. The minimum absolute atomic E-state index is 0.126. The molecule has 1 aliphatic heterocycles. The third-order valence-corrected chi connectivity index (χ3v) is 5.98. The smallest absolute Gasteiger partial charge is 0.261 e. The van der Waals surface area contributed by atoms with Crippen LogP contribution in [-0.4, -0.2) is 52.6 Å². The molecule has 1 N–H and O–H groups in total. The molecule has 1 heterocycles. The van der Waals surface area contributed by atoms with Crippen molar-refractivity contribution in [2.45, 2.75) is 53.1 Å². The van der Waals surface area contributed by atoms with E-state index in [1.54, 1.807) is 36.1 Å². The van der Waals surface area contributed by atoms with Crippen LogP contribution in [0.2, 0.25) is 0 Å². The molecule has 1 atom stereocenters. The van der Waals surface area contributed by atoms with Crippen LogP contribution in [0.4, 0.5) is 0 Å². The molecule has 0 aromatic heterocycles. The van der Waals surface area contributed by atoms with E-state index in [0.717, 1.165) is 11.1 Å². The van der Waals surface area contributed by atoms with Gasteiger partial charge in [0.2, 0.25) is 11.8 Å². The minimum Gasteiger partial charge on any atom is -0.354 e. The molecule has 0 fully saturated rings. The molecule has 0 unspecified atom stereocenters. The van der Waals surface area contributed by atoms with Crippen LogP contribution in [0.25, 0.3) is 0 Å². The average Bonchev–Trinajstić information content (AvgIpc) is 3.06. The summed E-state index contributed by atoms with van der Waals surface area (Å²) >= 11 is 0. The van der Waals surface area contributed by atoms with Crippen molar-refractivity contribution in [1.29, 1.82) is 0 Å². The molecular weight excluding hydrogens is 430 g/mol. The molecule has 7 nitrogen and oxygen atoms in total. The van der Waals surface area contributed by atoms with Crippen LogP contribution in [0.1, 0.15) is 65.5 Å². The number of nitrogens with one attached hydrogen (secondary N) is 1. The summed E-state index contributed by atoms with van der Waals surface area (Å²) in [6.45, 7) is 8.75. The number of hydrogen-bond acceptors (Lipinski definition) is 4. The number of nitrogens with zero attached hydrogens (tertiary/aromatic N) is 2. The molecule has 4 amide bonds. The van der Waals surface area contributed by atoms with E-state index in [2.05, 4.69) is 5.32 Å². The Morgan fingerprint density at radius 3 is 2.09 bits per heavy atom. The van der Waals surface area contributed by atoms with Gasteiger partial charge in [-0.15, -0.1) is 0 Å². The third-order valence-electron chi connectivity index (χ3n) is 5.98. The van der Waals surface area contributed by atoms with E-state index in [1.165, 1.54) is 4.90 Å².